The molecule has 4 heterocycles. The molecule has 0 saturated carbocycles. The summed E-state index contributed by atoms with van der Waals surface area (Å²) >= 11 is 6.13. The lowest BCUT2D eigenvalue weighted by atomic mass is 9.82. The molecule has 0 spiro atoms. The van der Waals surface area contributed by atoms with Crippen LogP contribution in [-0.2, 0) is 0 Å². The fraction of sp³-hybridized carbons (Fsp3) is 0.280. The quantitative estimate of drug-likeness (QED) is 0.440. The molecule has 2 aromatic heterocycles. The van der Waals surface area contributed by atoms with Crippen molar-refractivity contribution in [3.05, 3.63) is 77.3 Å². The minimum Gasteiger partial charge on any atom is -0.431 e. The summed E-state index contributed by atoms with van der Waals surface area (Å²) in [4.78, 5) is 23.9. The lowest BCUT2D eigenvalue weighted by Crippen LogP contribution is -2.65. The Morgan fingerprint density at radius 3 is 2.79 bits per heavy atom. The minimum absolute atomic E-state index is 0.00618. The van der Waals surface area contributed by atoms with Crippen LogP contribution in [0.15, 0.2) is 65.5 Å². The number of aryl methyl sites for hydroxylation is 1. The lowest BCUT2D eigenvalue weighted by Gasteiger charge is -2.52. The highest BCUT2D eigenvalue weighted by Crippen LogP contribution is 2.37. The molecule has 172 valence electrons. The molecule has 4 aromatic rings. The average Bonchev–Trinajstić information content (AvgIpc) is 3.52. The molecule has 0 radical (unpaired) electrons. The van der Waals surface area contributed by atoms with Crippen LogP contribution in [0.25, 0.3) is 16.9 Å². The molecule has 0 N–H and O–H groups in total. The van der Waals surface area contributed by atoms with Crippen LogP contribution in [0.5, 0.6) is 0 Å². The number of halogens is 1. The summed E-state index contributed by atoms with van der Waals surface area (Å²) in [5.74, 6) is 0.517. The number of oxazole rings is 1. The van der Waals surface area contributed by atoms with Crippen molar-refractivity contribution in [3.8, 4) is 16.9 Å². The Kier molecular flexibility index (Phi) is 5.10. The van der Waals surface area contributed by atoms with Crippen molar-refractivity contribution in [3.63, 3.8) is 0 Å². The molecule has 8 nitrogen and oxygen atoms in total. The number of benzene rings is 2. The van der Waals surface area contributed by atoms with E-state index in [1.54, 1.807) is 18.7 Å². The van der Waals surface area contributed by atoms with Crippen LogP contribution in [0.1, 0.15) is 22.3 Å². The summed E-state index contributed by atoms with van der Waals surface area (Å²) in [6.45, 7) is 4.22. The second-order valence-corrected chi connectivity index (χ2v) is 9.32. The maximum atomic E-state index is 13.6. The van der Waals surface area contributed by atoms with Gasteiger partial charge in [-0.25, -0.2) is 0 Å². The summed E-state index contributed by atoms with van der Waals surface area (Å²) in [6.07, 6.45) is 5.84. The Morgan fingerprint density at radius 2 is 1.97 bits per heavy atom. The van der Waals surface area contributed by atoms with E-state index in [2.05, 4.69) is 15.1 Å². The standard InChI is InChI=1S/C25H23ClN6O2/c1-16-5-6-22(32-27-8-9-28-32)20(11-16)24(33)30-10-7-18-13-31(23(18)14-30)25-29-21(15-34-25)17-3-2-4-19(26)12-17/h2-6,8-9,11-12,15,18,23H,7,10,13-14H2,1H3/t18-,23-/m0/s1. The minimum atomic E-state index is -0.00618. The summed E-state index contributed by atoms with van der Waals surface area (Å²) in [6, 6.07) is 14.1. The Hall–Kier alpha value is -3.65. The summed E-state index contributed by atoms with van der Waals surface area (Å²) in [7, 11) is 0. The van der Waals surface area contributed by atoms with Gasteiger partial charge in [0.2, 0.25) is 0 Å². The van der Waals surface area contributed by atoms with Gasteiger partial charge in [-0.1, -0.05) is 35.4 Å². The maximum Gasteiger partial charge on any atom is 0.298 e. The predicted molar refractivity (Wildman–Crippen MR) is 128 cm³/mol. The lowest BCUT2D eigenvalue weighted by molar-refractivity contribution is 0.0582. The molecule has 2 aromatic carbocycles. The van der Waals surface area contributed by atoms with Gasteiger partial charge in [0.1, 0.15) is 12.0 Å². The summed E-state index contributed by atoms with van der Waals surface area (Å²) in [5, 5.41) is 9.11. The Bertz CT molecular complexity index is 1350. The van der Waals surface area contributed by atoms with Gasteiger partial charge < -0.3 is 14.2 Å². The molecular weight excluding hydrogens is 452 g/mol. The second-order valence-electron chi connectivity index (χ2n) is 8.88. The molecule has 2 fully saturated rings. The number of piperidine rings is 1. The molecule has 0 bridgehead atoms. The molecule has 34 heavy (non-hydrogen) atoms. The van der Waals surface area contributed by atoms with Crippen molar-refractivity contribution in [2.75, 3.05) is 24.5 Å². The molecule has 0 unspecified atom stereocenters. The SMILES string of the molecule is Cc1ccc(-n2nccn2)c(C(=O)N2CC[C@H]3CN(c4nc(-c5cccc(Cl)c5)co4)[C@H]3C2)c1. The van der Waals surface area contributed by atoms with Gasteiger partial charge in [-0.3, -0.25) is 4.79 Å². The monoisotopic (exact) mass is 474 g/mol. The van der Waals surface area contributed by atoms with Gasteiger partial charge in [0.25, 0.3) is 11.9 Å². The van der Waals surface area contributed by atoms with Gasteiger partial charge in [-0.2, -0.15) is 20.0 Å². The molecule has 2 aliphatic heterocycles. The van der Waals surface area contributed by atoms with Gasteiger partial charge in [-0.15, -0.1) is 0 Å². The van der Waals surface area contributed by atoms with E-state index in [9.17, 15) is 4.79 Å². The maximum absolute atomic E-state index is 13.6. The first-order valence-electron chi connectivity index (χ1n) is 11.3. The number of rotatable bonds is 4. The average molecular weight is 475 g/mol. The Morgan fingerprint density at radius 1 is 1.12 bits per heavy atom. The topological polar surface area (TPSA) is 80.3 Å². The number of nitrogens with zero attached hydrogens (tertiary/aromatic N) is 6. The van der Waals surface area contributed by atoms with Crippen LogP contribution in [0, 0.1) is 12.8 Å². The number of anilines is 1. The molecular formula is C25H23ClN6O2. The highest BCUT2D eigenvalue weighted by Gasteiger charge is 2.45. The molecule has 6 rings (SSSR count). The first-order chi connectivity index (χ1) is 16.6. The van der Waals surface area contributed by atoms with Crippen LogP contribution in [0.2, 0.25) is 5.02 Å². The van der Waals surface area contributed by atoms with Gasteiger partial charge in [0.15, 0.2) is 0 Å². The third-order valence-corrected chi connectivity index (χ3v) is 6.95. The van der Waals surface area contributed by atoms with Gasteiger partial charge in [-0.05, 0) is 37.6 Å². The second kappa shape index (κ2) is 8.29. The molecule has 0 aliphatic carbocycles. The third kappa shape index (κ3) is 3.64. The first kappa shape index (κ1) is 20.9. The fourth-order valence-corrected chi connectivity index (χ4v) is 5.07. The molecule has 2 aliphatic rings. The van der Waals surface area contributed by atoms with Crippen molar-refractivity contribution in [2.24, 2.45) is 5.92 Å². The van der Waals surface area contributed by atoms with E-state index in [4.69, 9.17) is 21.0 Å². The van der Waals surface area contributed by atoms with E-state index in [1.165, 1.54) is 4.80 Å². The zero-order valence-electron chi connectivity index (χ0n) is 18.6. The van der Waals surface area contributed by atoms with Crippen LogP contribution in [0.4, 0.5) is 6.01 Å². The number of amides is 1. The van der Waals surface area contributed by atoms with E-state index in [0.29, 0.717) is 34.8 Å². The van der Waals surface area contributed by atoms with E-state index < -0.39 is 0 Å². The Labute approximate surface area is 201 Å². The highest BCUT2D eigenvalue weighted by atomic mass is 35.5. The number of fused-ring (bicyclic) bond motifs is 1. The van der Waals surface area contributed by atoms with Crippen LogP contribution >= 0.6 is 11.6 Å². The Balaban J connectivity index is 1.22. The molecule has 1 amide bonds. The highest BCUT2D eigenvalue weighted by molar-refractivity contribution is 6.30. The van der Waals surface area contributed by atoms with Crippen LogP contribution < -0.4 is 4.90 Å². The van der Waals surface area contributed by atoms with Crippen LogP contribution in [0.3, 0.4) is 0 Å². The summed E-state index contributed by atoms with van der Waals surface area (Å²) < 4.78 is 5.82. The predicted octanol–water partition coefficient (Wildman–Crippen LogP) is 4.24. The molecule has 9 heteroatoms. The summed E-state index contributed by atoms with van der Waals surface area (Å²) in [5.41, 5.74) is 3.99. The van der Waals surface area contributed by atoms with Gasteiger partial charge in [0, 0.05) is 36.1 Å². The van der Waals surface area contributed by atoms with Crippen LogP contribution in [-0.4, -0.2) is 56.5 Å². The normalized spacial score (nSPS) is 19.6. The number of aromatic nitrogens is 4. The van der Waals surface area contributed by atoms with Gasteiger partial charge >= 0.3 is 0 Å². The van der Waals surface area contributed by atoms with E-state index >= 15 is 0 Å². The zero-order valence-corrected chi connectivity index (χ0v) is 19.4. The number of hydrogen-bond acceptors (Lipinski definition) is 6. The van der Waals surface area contributed by atoms with E-state index in [0.717, 1.165) is 36.3 Å². The van der Waals surface area contributed by atoms with Crippen molar-refractivity contribution < 1.29 is 9.21 Å². The van der Waals surface area contributed by atoms with Crippen molar-refractivity contribution in [1.29, 1.82) is 0 Å². The van der Waals surface area contributed by atoms with Crippen molar-refractivity contribution >= 4 is 23.5 Å². The number of hydrogen-bond donors (Lipinski definition) is 0. The largest absolute Gasteiger partial charge is 0.431 e. The number of likely N-dealkylation sites (tertiary alicyclic amines) is 1. The molecule has 2 saturated heterocycles. The van der Waals surface area contributed by atoms with Crippen molar-refractivity contribution in [1.82, 2.24) is 24.9 Å². The van der Waals surface area contributed by atoms with Crippen molar-refractivity contribution in [2.45, 2.75) is 19.4 Å². The fourth-order valence-electron chi connectivity index (χ4n) is 4.88. The number of carbonyl (C=O) groups is 1. The van der Waals surface area contributed by atoms with E-state index in [-0.39, 0.29) is 11.9 Å². The smallest absolute Gasteiger partial charge is 0.298 e. The third-order valence-electron chi connectivity index (χ3n) is 6.71. The van der Waals surface area contributed by atoms with Gasteiger partial charge in [0.05, 0.1) is 29.7 Å². The number of carbonyl (C=O) groups excluding carboxylic acids is 1. The van der Waals surface area contributed by atoms with E-state index in [1.807, 2.05) is 54.3 Å². The first-order valence-corrected chi connectivity index (χ1v) is 11.7. The zero-order chi connectivity index (χ0) is 23.2. The molecule has 2 atom stereocenters.